The molecule has 186 valence electrons. The number of anilines is 1. The van der Waals surface area contributed by atoms with E-state index in [-0.39, 0.29) is 29.9 Å². The third-order valence-corrected chi connectivity index (χ3v) is 7.89. The van der Waals surface area contributed by atoms with Crippen molar-refractivity contribution < 1.29 is 9.59 Å². The van der Waals surface area contributed by atoms with Crippen molar-refractivity contribution in [2.45, 2.75) is 43.9 Å². The first-order valence-corrected chi connectivity index (χ1v) is 12.8. The number of hydrogen-bond donors (Lipinski definition) is 1. The van der Waals surface area contributed by atoms with Gasteiger partial charge in [0.05, 0.1) is 5.69 Å². The fraction of sp³-hybridized carbons (Fsp3) is 0.519. The molecule has 5 rings (SSSR count). The van der Waals surface area contributed by atoms with E-state index in [9.17, 15) is 9.59 Å². The van der Waals surface area contributed by atoms with Gasteiger partial charge in [0, 0.05) is 76.2 Å². The molecule has 8 heteroatoms. The number of fused-ring (bicyclic) bond motifs is 1. The molecule has 2 aromatic rings. The van der Waals surface area contributed by atoms with E-state index in [2.05, 4.69) is 56.3 Å². The van der Waals surface area contributed by atoms with E-state index in [1.54, 1.807) is 6.20 Å². The van der Waals surface area contributed by atoms with Gasteiger partial charge in [-0.15, -0.1) is 0 Å². The maximum Gasteiger partial charge on any atom is 0.239 e. The van der Waals surface area contributed by atoms with Gasteiger partial charge in [0.25, 0.3) is 0 Å². The molecular formula is C27H36N6O2. The van der Waals surface area contributed by atoms with Crippen LogP contribution in [0, 0.1) is 0 Å². The van der Waals surface area contributed by atoms with Crippen LogP contribution in [0.25, 0.3) is 0 Å². The molecule has 0 bridgehead atoms. The lowest BCUT2D eigenvalue weighted by molar-refractivity contribution is -0.132. The van der Waals surface area contributed by atoms with E-state index < -0.39 is 0 Å². The number of likely N-dealkylation sites (tertiary alicyclic amines) is 1. The van der Waals surface area contributed by atoms with Crippen LogP contribution in [-0.4, -0.2) is 95.9 Å². The quantitative estimate of drug-likeness (QED) is 0.683. The van der Waals surface area contributed by atoms with E-state index in [0.717, 1.165) is 51.3 Å². The van der Waals surface area contributed by atoms with Gasteiger partial charge in [0.2, 0.25) is 11.8 Å². The van der Waals surface area contributed by atoms with Crippen LogP contribution >= 0.6 is 0 Å². The van der Waals surface area contributed by atoms with Crippen LogP contribution in [0.2, 0.25) is 0 Å². The van der Waals surface area contributed by atoms with Gasteiger partial charge in [-0.2, -0.15) is 0 Å². The molecule has 35 heavy (non-hydrogen) atoms. The van der Waals surface area contributed by atoms with Crippen molar-refractivity contribution in [2.24, 2.45) is 0 Å². The zero-order valence-corrected chi connectivity index (χ0v) is 20.6. The fourth-order valence-electron chi connectivity index (χ4n) is 5.83. The largest absolute Gasteiger partial charge is 0.368 e. The molecule has 0 saturated carbocycles. The van der Waals surface area contributed by atoms with Gasteiger partial charge in [0.1, 0.15) is 6.04 Å². The van der Waals surface area contributed by atoms with E-state index in [4.69, 9.17) is 0 Å². The first-order chi connectivity index (χ1) is 17.1. The number of rotatable bonds is 6. The molecule has 3 saturated heterocycles. The van der Waals surface area contributed by atoms with Crippen LogP contribution in [0.4, 0.5) is 5.69 Å². The van der Waals surface area contributed by atoms with Gasteiger partial charge in [-0.3, -0.25) is 24.4 Å². The number of para-hydroxylation sites is 1. The number of nitrogens with one attached hydrogen (secondary N) is 1. The predicted octanol–water partition coefficient (Wildman–Crippen LogP) is 1.58. The van der Waals surface area contributed by atoms with Crippen molar-refractivity contribution in [3.05, 3.63) is 60.4 Å². The second-order valence-corrected chi connectivity index (χ2v) is 9.90. The first-order valence-electron chi connectivity index (χ1n) is 12.8. The smallest absolute Gasteiger partial charge is 0.239 e. The maximum absolute atomic E-state index is 13.0. The zero-order valence-electron chi connectivity index (χ0n) is 20.6. The van der Waals surface area contributed by atoms with E-state index in [1.807, 2.05) is 29.2 Å². The monoisotopic (exact) mass is 476 g/mol. The van der Waals surface area contributed by atoms with Crippen LogP contribution < -0.4 is 10.2 Å². The lowest BCUT2D eigenvalue weighted by Gasteiger charge is -2.37. The zero-order chi connectivity index (χ0) is 24.2. The molecular weight excluding hydrogens is 440 g/mol. The molecule has 0 spiro atoms. The summed E-state index contributed by atoms with van der Waals surface area (Å²) in [4.78, 5) is 39.4. The summed E-state index contributed by atoms with van der Waals surface area (Å²) < 4.78 is 0. The standard InChI is InChI=1S/C27H36N6O2/c1-30-23(10-11-25(34)32-17-15-31(16-18-32)22-8-3-2-4-9-22)19-29-27(35)26-24(30)12-14-33(26)20-21-7-5-6-13-28-21/h2-9,13,23-24,26H,10-12,14-20H2,1H3,(H,29,35). The normalized spacial score (nSPS) is 25.7. The number of benzene rings is 1. The average Bonchev–Trinajstić information content (AvgIpc) is 3.27. The second-order valence-electron chi connectivity index (χ2n) is 9.90. The molecule has 0 aliphatic carbocycles. The number of amides is 2. The lowest BCUT2D eigenvalue weighted by atomic mass is 10.0. The summed E-state index contributed by atoms with van der Waals surface area (Å²) in [6.45, 7) is 5.41. The Balaban J connectivity index is 1.14. The number of likely N-dealkylation sites (N-methyl/N-ethyl adjacent to an activating group) is 1. The molecule has 0 radical (unpaired) electrons. The Labute approximate surface area is 207 Å². The van der Waals surface area contributed by atoms with E-state index in [1.165, 1.54) is 5.69 Å². The molecule has 1 aromatic heterocycles. The summed E-state index contributed by atoms with van der Waals surface area (Å²) in [7, 11) is 2.12. The Bertz CT molecular complexity index is 995. The van der Waals surface area contributed by atoms with Gasteiger partial charge < -0.3 is 15.1 Å². The van der Waals surface area contributed by atoms with Gasteiger partial charge in [-0.25, -0.2) is 0 Å². The Morgan fingerprint density at radius 2 is 1.80 bits per heavy atom. The highest BCUT2D eigenvalue weighted by Crippen LogP contribution is 2.28. The number of aromatic nitrogens is 1. The van der Waals surface area contributed by atoms with E-state index >= 15 is 0 Å². The Hall–Kier alpha value is -2.97. The number of pyridine rings is 1. The number of nitrogens with zero attached hydrogens (tertiary/aromatic N) is 5. The SMILES string of the molecule is CN1C(CCC(=O)N2CCN(c3ccccc3)CC2)CNC(=O)C2C1CCN2Cc1ccccn1. The van der Waals surface area contributed by atoms with Gasteiger partial charge >= 0.3 is 0 Å². The lowest BCUT2D eigenvalue weighted by Crippen LogP contribution is -2.50. The third-order valence-electron chi connectivity index (χ3n) is 7.89. The molecule has 4 heterocycles. The maximum atomic E-state index is 13.0. The number of carbonyl (C=O) groups is 2. The Morgan fingerprint density at radius 3 is 2.54 bits per heavy atom. The minimum Gasteiger partial charge on any atom is -0.368 e. The van der Waals surface area contributed by atoms with E-state index in [0.29, 0.717) is 19.5 Å². The highest BCUT2D eigenvalue weighted by molar-refractivity contribution is 5.83. The summed E-state index contributed by atoms with van der Waals surface area (Å²) in [6.07, 6.45) is 4.04. The second kappa shape index (κ2) is 10.7. The van der Waals surface area contributed by atoms with Crippen LogP contribution in [-0.2, 0) is 16.1 Å². The summed E-state index contributed by atoms with van der Waals surface area (Å²) >= 11 is 0. The van der Waals surface area contributed by atoms with Crippen molar-refractivity contribution in [1.82, 2.24) is 25.0 Å². The molecule has 3 aliphatic rings. The topological polar surface area (TPSA) is 72.0 Å². The van der Waals surface area contributed by atoms with Crippen molar-refractivity contribution in [1.29, 1.82) is 0 Å². The number of hydrogen-bond acceptors (Lipinski definition) is 6. The molecule has 8 nitrogen and oxygen atoms in total. The summed E-state index contributed by atoms with van der Waals surface area (Å²) in [5.41, 5.74) is 2.21. The molecule has 2 amide bonds. The Morgan fingerprint density at radius 1 is 1.03 bits per heavy atom. The van der Waals surface area contributed by atoms with Crippen molar-refractivity contribution in [3.63, 3.8) is 0 Å². The molecule has 1 aromatic carbocycles. The minimum absolute atomic E-state index is 0.0983. The first kappa shape index (κ1) is 23.8. The number of piperazine rings is 1. The molecule has 3 unspecified atom stereocenters. The highest BCUT2D eigenvalue weighted by atomic mass is 16.2. The van der Waals surface area contributed by atoms with Crippen molar-refractivity contribution in [2.75, 3.05) is 51.2 Å². The van der Waals surface area contributed by atoms with Crippen LogP contribution in [0.15, 0.2) is 54.7 Å². The summed E-state index contributed by atoms with van der Waals surface area (Å²) in [6, 6.07) is 16.5. The minimum atomic E-state index is -0.172. The summed E-state index contributed by atoms with van der Waals surface area (Å²) in [5, 5.41) is 3.17. The fourth-order valence-corrected chi connectivity index (χ4v) is 5.83. The van der Waals surface area contributed by atoms with Gasteiger partial charge in [-0.05, 0) is 44.2 Å². The average molecular weight is 477 g/mol. The van der Waals surface area contributed by atoms with Crippen LogP contribution in [0.3, 0.4) is 0 Å². The van der Waals surface area contributed by atoms with Crippen molar-refractivity contribution in [3.8, 4) is 0 Å². The number of carbonyl (C=O) groups excluding carboxylic acids is 2. The molecule has 3 fully saturated rings. The third kappa shape index (κ3) is 5.33. The van der Waals surface area contributed by atoms with Crippen LogP contribution in [0.5, 0.6) is 0 Å². The van der Waals surface area contributed by atoms with Crippen molar-refractivity contribution >= 4 is 17.5 Å². The predicted molar refractivity (Wildman–Crippen MR) is 136 cm³/mol. The van der Waals surface area contributed by atoms with Crippen LogP contribution in [0.1, 0.15) is 25.0 Å². The van der Waals surface area contributed by atoms with Gasteiger partial charge in [0.15, 0.2) is 0 Å². The molecule has 3 aliphatic heterocycles. The van der Waals surface area contributed by atoms with Gasteiger partial charge in [-0.1, -0.05) is 24.3 Å². The molecule has 3 atom stereocenters. The summed E-state index contributed by atoms with van der Waals surface area (Å²) in [5.74, 6) is 0.322. The molecule has 1 N–H and O–H groups in total. The Kier molecular flexibility index (Phi) is 7.29. The highest BCUT2D eigenvalue weighted by Gasteiger charge is 2.45.